The van der Waals surface area contributed by atoms with E-state index in [1.165, 1.54) is 31.6 Å². The minimum atomic E-state index is -0.386. The summed E-state index contributed by atoms with van der Waals surface area (Å²) in [7, 11) is 1.49. The van der Waals surface area contributed by atoms with Gasteiger partial charge in [0, 0.05) is 19.0 Å². The SMILES string of the molecule is CNC(=O)c1ccc(=N)n(C(=N)Cc2cccc(-c3ncc(O)cn3)c2)n1. The molecule has 0 spiro atoms. The quantitative estimate of drug-likeness (QED) is 0.403. The largest absolute Gasteiger partial charge is 0.505 e. The van der Waals surface area contributed by atoms with Crippen LogP contribution in [0, 0.1) is 10.8 Å². The normalized spacial score (nSPS) is 10.4. The van der Waals surface area contributed by atoms with Gasteiger partial charge in [-0.05, 0) is 23.8 Å². The number of amides is 1. The average Bonchev–Trinajstić information content (AvgIpc) is 2.68. The van der Waals surface area contributed by atoms with E-state index in [-0.39, 0.29) is 35.1 Å². The number of aromatic hydroxyl groups is 1. The lowest BCUT2D eigenvalue weighted by molar-refractivity contribution is 0.0956. The highest BCUT2D eigenvalue weighted by Crippen LogP contribution is 2.18. The Hall–Kier alpha value is -3.88. The third-order valence-electron chi connectivity index (χ3n) is 3.75. The summed E-state index contributed by atoms with van der Waals surface area (Å²) < 4.78 is 1.12. The van der Waals surface area contributed by atoms with E-state index in [9.17, 15) is 9.90 Å². The zero-order chi connectivity index (χ0) is 19.4. The van der Waals surface area contributed by atoms with Crippen molar-refractivity contribution in [3.05, 3.63) is 65.5 Å². The van der Waals surface area contributed by atoms with Gasteiger partial charge in [-0.25, -0.2) is 14.6 Å². The molecule has 2 aromatic heterocycles. The van der Waals surface area contributed by atoms with Crippen molar-refractivity contribution < 1.29 is 9.90 Å². The molecule has 2 heterocycles. The Morgan fingerprint density at radius 1 is 1.22 bits per heavy atom. The first-order valence-electron chi connectivity index (χ1n) is 8.03. The van der Waals surface area contributed by atoms with Crippen molar-refractivity contribution in [2.45, 2.75) is 6.42 Å². The molecule has 1 aromatic carbocycles. The minimum Gasteiger partial charge on any atom is -0.505 e. The van der Waals surface area contributed by atoms with Crippen molar-refractivity contribution in [2.75, 3.05) is 7.05 Å². The first-order valence-corrected chi connectivity index (χ1v) is 8.03. The molecule has 1 amide bonds. The fourth-order valence-corrected chi connectivity index (χ4v) is 2.44. The Morgan fingerprint density at radius 2 is 1.96 bits per heavy atom. The average molecular weight is 363 g/mol. The summed E-state index contributed by atoms with van der Waals surface area (Å²) in [4.78, 5) is 19.9. The molecule has 0 aliphatic rings. The van der Waals surface area contributed by atoms with Gasteiger partial charge in [0.25, 0.3) is 5.91 Å². The van der Waals surface area contributed by atoms with E-state index >= 15 is 0 Å². The summed E-state index contributed by atoms with van der Waals surface area (Å²) in [6.45, 7) is 0. The monoisotopic (exact) mass is 363 g/mol. The molecule has 3 aromatic rings. The first kappa shape index (κ1) is 17.9. The van der Waals surface area contributed by atoms with Crippen LogP contribution in [0.3, 0.4) is 0 Å². The predicted molar refractivity (Wildman–Crippen MR) is 97.4 cm³/mol. The van der Waals surface area contributed by atoms with Crippen LogP contribution in [0.4, 0.5) is 0 Å². The molecular formula is C18H17N7O2. The Balaban J connectivity index is 1.86. The van der Waals surface area contributed by atoms with E-state index in [0.29, 0.717) is 5.82 Å². The van der Waals surface area contributed by atoms with E-state index < -0.39 is 0 Å². The van der Waals surface area contributed by atoms with E-state index in [2.05, 4.69) is 20.4 Å². The molecule has 0 unspecified atom stereocenters. The van der Waals surface area contributed by atoms with Crippen LogP contribution in [0.5, 0.6) is 5.75 Å². The summed E-state index contributed by atoms with van der Waals surface area (Å²) in [6, 6.07) is 10.2. The molecule has 27 heavy (non-hydrogen) atoms. The van der Waals surface area contributed by atoms with Crippen LogP contribution in [-0.2, 0) is 6.42 Å². The smallest absolute Gasteiger partial charge is 0.271 e. The molecule has 0 aliphatic carbocycles. The number of aromatic nitrogens is 4. The van der Waals surface area contributed by atoms with E-state index in [0.717, 1.165) is 15.8 Å². The van der Waals surface area contributed by atoms with Gasteiger partial charge in [0.05, 0.1) is 12.4 Å². The maximum absolute atomic E-state index is 11.7. The number of rotatable bonds is 4. The van der Waals surface area contributed by atoms with Crippen LogP contribution in [0.2, 0.25) is 0 Å². The van der Waals surface area contributed by atoms with E-state index in [1.54, 1.807) is 0 Å². The second kappa shape index (κ2) is 7.56. The van der Waals surface area contributed by atoms with E-state index in [4.69, 9.17) is 10.8 Å². The number of benzene rings is 1. The van der Waals surface area contributed by atoms with Crippen molar-refractivity contribution in [2.24, 2.45) is 0 Å². The molecule has 4 N–H and O–H groups in total. The first-order chi connectivity index (χ1) is 13.0. The highest BCUT2D eigenvalue weighted by atomic mass is 16.3. The number of hydrogen-bond donors (Lipinski definition) is 4. The van der Waals surface area contributed by atoms with Crippen molar-refractivity contribution in [3.8, 4) is 17.1 Å². The molecule has 0 bridgehead atoms. The van der Waals surface area contributed by atoms with Crippen LogP contribution in [0.25, 0.3) is 11.4 Å². The Bertz CT molecular complexity index is 1060. The van der Waals surface area contributed by atoms with Crippen molar-refractivity contribution in [1.29, 1.82) is 10.8 Å². The highest BCUT2D eigenvalue weighted by Gasteiger charge is 2.11. The fraction of sp³-hybridized carbons (Fsp3) is 0.111. The molecule has 9 nitrogen and oxygen atoms in total. The Labute approximate surface area is 154 Å². The second-order valence-electron chi connectivity index (χ2n) is 5.68. The second-order valence-corrected chi connectivity index (χ2v) is 5.68. The summed E-state index contributed by atoms with van der Waals surface area (Å²) in [6.07, 6.45) is 2.83. The Kier molecular flexibility index (Phi) is 5.02. The maximum atomic E-state index is 11.7. The molecule has 0 aliphatic heterocycles. The zero-order valence-electron chi connectivity index (χ0n) is 14.5. The lowest BCUT2D eigenvalue weighted by atomic mass is 10.1. The van der Waals surface area contributed by atoms with Gasteiger partial charge < -0.3 is 10.4 Å². The van der Waals surface area contributed by atoms with Gasteiger partial charge in [0.1, 0.15) is 17.0 Å². The topological polar surface area (TPSA) is 141 Å². The third kappa shape index (κ3) is 4.03. The summed E-state index contributed by atoms with van der Waals surface area (Å²) in [5.41, 5.74) is 1.67. The molecule has 0 saturated heterocycles. The lowest BCUT2D eigenvalue weighted by Crippen LogP contribution is -2.33. The minimum absolute atomic E-state index is 0.00526. The van der Waals surface area contributed by atoms with Gasteiger partial charge in [0.2, 0.25) is 0 Å². The van der Waals surface area contributed by atoms with Crippen LogP contribution >= 0.6 is 0 Å². The van der Waals surface area contributed by atoms with Crippen LogP contribution < -0.4 is 10.8 Å². The zero-order valence-corrected chi connectivity index (χ0v) is 14.5. The van der Waals surface area contributed by atoms with Gasteiger partial charge in [0.15, 0.2) is 11.6 Å². The molecule has 9 heteroatoms. The Morgan fingerprint density at radius 3 is 2.67 bits per heavy atom. The number of carbonyl (C=O) groups excluding carboxylic acids is 1. The summed E-state index contributed by atoms with van der Waals surface area (Å²) in [5, 5.41) is 32.1. The maximum Gasteiger partial charge on any atom is 0.271 e. The van der Waals surface area contributed by atoms with Gasteiger partial charge in [-0.2, -0.15) is 5.10 Å². The van der Waals surface area contributed by atoms with Gasteiger partial charge in [-0.3, -0.25) is 15.6 Å². The highest BCUT2D eigenvalue weighted by molar-refractivity contribution is 5.92. The third-order valence-corrected chi connectivity index (χ3v) is 3.75. The molecule has 0 atom stereocenters. The molecule has 0 fully saturated rings. The summed E-state index contributed by atoms with van der Waals surface area (Å²) in [5.74, 6) is 0.102. The van der Waals surface area contributed by atoms with Gasteiger partial charge >= 0.3 is 0 Å². The van der Waals surface area contributed by atoms with Crippen LogP contribution in [-0.4, -0.2) is 43.6 Å². The summed E-state index contributed by atoms with van der Waals surface area (Å²) >= 11 is 0. The number of nitrogens with zero attached hydrogens (tertiary/aromatic N) is 4. The fourth-order valence-electron chi connectivity index (χ4n) is 2.44. The van der Waals surface area contributed by atoms with Crippen molar-refractivity contribution >= 4 is 11.7 Å². The standard InChI is InChI=1S/C18H17N7O2/c1-21-18(27)14-5-6-15(19)25(24-14)16(20)8-11-3-2-4-12(7-11)17-22-9-13(26)10-23-17/h2-7,9-10,19-20,26H,8H2,1H3,(H,21,27). The number of nitrogens with one attached hydrogen (secondary N) is 3. The lowest BCUT2D eigenvalue weighted by Gasteiger charge is -2.10. The molecule has 136 valence electrons. The molecule has 0 saturated carbocycles. The molecule has 0 radical (unpaired) electrons. The van der Waals surface area contributed by atoms with Gasteiger partial charge in [-0.1, -0.05) is 18.2 Å². The molecular weight excluding hydrogens is 346 g/mol. The predicted octanol–water partition coefficient (Wildman–Crippen LogP) is 0.953. The van der Waals surface area contributed by atoms with Crippen LogP contribution in [0.15, 0.2) is 48.8 Å². The van der Waals surface area contributed by atoms with Gasteiger partial charge in [-0.15, -0.1) is 0 Å². The van der Waals surface area contributed by atoms with Crippen molar-refractivity contribution in [1.82, 2.24) is 25.1 Å². The number of hydrogen-bond acceptors (Lipinski definition) is 7. The van der Waals surface area contributed by atoms with Crippen molar-refractivity contribution in [3.63, 3.8) is 0 Å². The number of carbonyl (C=O) groups is 1. The molecule has 3 rings (SSSR count). The van der Waals surface area contributed by atoms with Crippen LogP contribution in [0.1, 0.15) is 16.1 Å². The van der Waals surface area contributed by atoms with E-state index in [1.807, 2.05) is 24.3 Å².